The van der Waals surface area contributed by atoms with Crippen LogP contribution in [0.5, 0.6) is 0 Å². The number of Topliss-reactive ketones (excluding diaryl/α,β-unsaturated/α-hetero) is 2. The van der Waals surface area contributed by atoms with Gasteiger partial charge in [0, 0.05) is 6.42 Å². The van der Waals surface area contributed by atoms with E-state index < -0.39 is 30.1 Å². The second kappa shape index (κ2) is 6.07. The third-order valence-electron chi connectivity index (χ3n) is 2.12. The Kier molecular flexibility index (Phi) is 5.71. The maximum absolute atomic E-state index is 12.4. The van der Waals surface area contributed by atoms with Crippen molar-refractivity contribution in [3.8, 4) is 0 Å². The summed E-state index contributed by atoms with van der Waals surface area (Å²) >= 11 is 0. The van der Waals surface area contributed by atoms with Crippen molar-refractivity contribution in [2.75, 3.05) is 0 Å². The Morgan fingerprint density at radius 3 is 1.94 bits per heavy atom. The van der Waals surface area contributed by atoms with Gasteiger partial charge in [-0.15, -0.1) is 0 Å². The van der Waals surface area contributed by atoms with Crippen LogP contribution in [-0.2, 0) is 9.59 Å². The van der Waals surface area contributed by atoms with Gasteiger partial charge in [-0.1, -0.05) is 19.8 Å². The number of hydrogen-bond donors (Lipinski definition) is 0. The molecule has 0 aromatic rings. The first kappa shape index (κ1) is 16.0. The SMILES string of the molecule is CCCCCC(=O)CC(=O)C(F)(F)C(F)(F)F. The van der Waals surface area contributed by atoms with Crippen molar-refractivity contribution in [2.45, 2.75) is 51.1 Å². The number of unbranched alkanes of at least 4 members (excludes halogenated alkanes) is 2. The van der Waals surface area contributed by atoms with Gasteiger partial charge in [-0.25, -0.2) is 0 Å². The Bertz CT molecular complexity index is 283. The quantitative estimate of drug-likeness (QED) is 0.400. The predicted octanol–water partition coefficient (Wildman–Crippen LogP) is 3.29. The number of alkyl halides is 5. The average molecular weight is 260 g/mol. The molecule has 2 nitrogen and oxygen atoms in total. The highest BCUT2D eigenvalue weighted by Gasteiger charge is 2.62. The fraction of sp³-hybridized carbons (Fsp3) is 0.800. The summed E-state index contributed by atoms with van der Waals surface area (Å²) in [4.78, 5) is 21.6. The number of carbonyl (C=O) groups is 2. The highest BCUT2D eigenvalue weighted by atomic mass is 19.4. The fourth-order valence-corrected chi connectivity index (χ4v) is 1.11. The number of ketones is 2. The highest BCUT2D eigenvalue weighted by molar-refractivity contribution is 6.02. The molecule has 0 heterocycles. The lowest BCUT2D eigenvalue weighted by Crippen LogP contribution is -2.44. The number of hydrogen-bond acceptors (Lipinski definition) is 2. The Labute approximate surface area is 95.2 Å². The van der Waals surface area contributed by atoms with Gasteiger partial charge in [0.15, 0.2) is 0 Å². The van der Waals surface area contributed by atoms with Crippen LogP contribution in [-0.4, -0.2) is 23.7 Å². The van der Waals surface area contributed by atoms with E-state index in [1.165, 1.54) is 0 Å². The van der Waals surface area contributed by atoms with Gasteiger partial charge < -0.3 is 0 Å². The van der Waals surface area contributed by atoms with Crippen molar-refractivity contribution in [1.82, 2.24) is 0 Å². The maximum Gasteiger partial charge on any atom is 0.461 e. The van der Waals surface area contributed by atoms with Gasteiger partial charge in [-0.3, -0.25) is 9.59 Å². The molecule has 0 N–H and O–H groups in total. The van der Waals surface area contributed by atoms with Crippen LogP contribution >= 0.6 is 0 Å². The molecule has 0 spiro atoms. The lowest BCUT2D eigenvalue weighted by molar-refractivity contribution is -0.268. The van der Waals surface area contributed by atoms with Crippen LogP contribution in [0.1, 0.15) is 39.0 Å². The Morgan fingerprint density at radius 1 is 1.00 bits per heavy atom. The van der Waals surface area contributed by atoms with Crippen LogP contribution in [0.25, 0.3) is 0 Å². The van der Waals surface area contributed by atoms with Gasteiger partial charge in [0.2, 0.25) is 5.78 Å². The van der Waals surface area contributed by atoms with E-state index in [4.69, 9.17) is 0 Å². The third-order valence-corrected chi connectivity index (χ3v) is 2.12. The Morgan fingerprint density at radius 2 is 1.53 bits per heavy atom. The predicted molar refractivity (Wildman–Crippen MR) is 49.8 cm³/mol. The van der Waals surface area contributed by atoms with Gasteiger partial charge in [0.05, 0.1) is 6.42 Å². The second-order valence-corrected chi connectivity index (χ2v) is 3.67. The summed E-state index contributed by atoms with van der Waals surface area (Å²) in [5.41, 5.74) is 0. The zero-order chi connectivity index (χ0) is 13.7. The number of rotatable bonds is 7. The monoisotopic (exact) mass is 260 g/mol. The molecule has 100 valence electrons. The maximum atomic E-state index is 12.4. The van der Waals surface area contributed by atoms with Crippen molar-refractivity contribution in [1.29, 1.82) is 0 Å². The molecule has 0 unspecified atom stereocenters. The first-order valence-corrected chi connectivity index (χ1v) is 5.12. The smallest absolute Gasteiger partial charge is 0.299 e. The molecule has 0 radical (unpaired) electrons. The molecule has 0 saturated carbocycles. The van der Waals surface area contributed by atoms with Gasteiger partial charge >= 0.3 is 12.1 Å². The molecule has 0 amide bonds. The molecular formula is C10H13F5O2. The lowest BCUT2D eigenvalue weighted by atomic mass is 10.0. The molecule has 0 atom stereocenters. The summed E-state index contributed by atoms with van der Waals surface area (Å²) in [6, 6.07) is 0. The molecule has 0 rings (SSSR count). The van der Waals surface area contributed by atoms with Crippen molar-refractivity contribution in [2.24, 2.45) is 0 Å². The standard InChI is InChI=1S/C10H13F5O2/c1-2-3-4-5-7(16)6-8(17)9(11,12)10(13,14)15/h2-6H2,1H3. The zero-order valence-electron chi connectivity index (χ0n) is 9.24. The number of halogens is 5. The van der Waals surface area contributed by atoms with Crippen LogP contribution in [0.4, 0.5) is 22.0 Å². The van der Waals surface area contributed by atoms with Gasteiger partial charge in [-0.2, -0.15) is 22.0 Å². The van der Waals surface area contributed by atoms with Crippen molar-refractivity contribution < 1.29 is 31.5 Å². The van der Waals surface area contributed by atoms with E-state index in [0.717, 1.165) is 6.42 Å². The fourth-order valence-electron chi connectivity index (χ4n) is 1.11. The van der Waals surface area contributed by atoms with Gasteiger partial charge in [0.1, 0.15) is 5.78 Å². The summed E-state index contributed by atoms with van der Waals surface area (Å²) < 4.78 is 60.2. The van der Waals surface area contributed by atoms with Crippen molar-refractivity contribution in [3.63, 3.8) is 0 Å². The van der Waals surface area contributed by atoms with Crippen LogP contribution in [0, 0.1) is 0 Å². The molecule has 0 bridgehead atoms. The van der Waals surface area contributed by atoms with Gasteiger partial charge in [0.25, 0.3) is 0 Å². The molecule has 0 saturated heterocycles. The summed E-state index contributed by atoms with van der Waals surface area (Å²) in [5.74, 6) is -8.70. The van der Waals surface area contributed by atoms with E-state index in [9.17, 15) is 31.5 Å². The molecule has 0 aliphatic heterocycles. The zero-order valence-corrected chi connectivity index (χ0v) is 9.24. The van der Waals surface area contributed by atoms with Crippen LogP contribution in [0.15, 0.2) is 0 Å². The molecule has 0 aromatic heterocycles. The minimum atomic E-state index is -5.94. The molecule has 7 heteroatoms. The molecule has 17 heavy (non-hydrogen) atoms. The first-order valence-electron chi connectivity index (χ1n) is 5.12. The summed E-state index contributed by atoms with van der Waals surface area (Å²) in [6.07, 6.45) is -5.62. The van der Waals surface area contributed by atoms with Gasteiger partial charge in [-0.05, 0) is 6.42 Å². The van der Waals surface area contributed by atoms with E-state index in [1.54, 1.807) is 0 Å². The van der Waals surface area contributed by atoms with E-state index >= 15 is 0 Å². The number of carbonyl (C=O) groups excluding carboxylic acids is 2. The average Bonchev–Trinajstić information content (AvgIpc) is 2.16. The van der Waals surface area contributed by atoms with Crippen LogP contribution < -0.4 is 0 Å². The molecule has 0 aliphatic carbocycles. The third kappa shape index (κ3) is 4.79. The summed E-state index contributed by atoms with van der Waals surface area (Å²) in [6.45, 7) is 1.84. The molecule has 0 aromatic carbocycles. The molecule has 0 aliphatic rings. The van der Waals surface area contributed by atoms with E-state index in [2.05, 4.69) is 0 Å². The van der Waals surface area contributed by atoms with Crippen LogP contribution in [0.2, 0.25) is 0 Å². The summed E-state index contributed by atoms with van der Waals surface area (Å²) in [7, 11) is 0. The van der Waals surface area contributed by atoms with E-state index in [0.29, 0.717) is 12.8 Å². The van der Waals surface area contributed by atoms with Crippen molar-refractivity contribution >= 4 is 11.6 Å². The topological polar surface area (TPSA) is 34.1 Å². The molecular weight excluding hydrogens is 247 g/mol. The summed E-state index contributed by atoms with van der Waals surface area (Å²) in [5, 5.41) is 0. The largest absolute Gasteiger partial charge is 0.461 e. The van der Waals surface area contributed by atoms with E-state index in [1.807, 2.05) is 6.92 Å². The van der Waals surface area contributed by atoms with E-state index in [-0.39, 0.29) is 6.42 Å². The molecule has 0 fully saturated rings. The minimum absolute atomic E-state index is 0.145. The van der Waals surface area contributed by atoms with Crippen molar-refractivity contribution in [3.05, 3.63) is 0 Å². The Balaban J connectivity index is 4.31. The lowest BCUT2D eigenvalue weighted by Gasteiger charge is -2.17. The highest BCUT2D eigenvalue weighted by Crippen LogP contribution is 2.36. The first-order chi connectivity index (χ1) is 7.63. The van der Waals surface area contributed by atoms with Crippen LogP contribution in [0.3, 0.4) is 0 Å². The Hall–Kier alpha value is -1.01. The normalized spacial score (nSPS) is 12.6. The second-order valence-electron chi connectivity index (χ2n) is 3.67. The minimum Gasteiger partial charge on any atom is -0.299 e.